The molecule has 3 aromatic carbocycles. The van der Waals surface area contributed by atoms with Crippen LogP contribution in [0.2, 0.25) is 0 Å². The van der Waals surface area contributed by atoms with E-state index in [0.717, 1.165) is 63.0 Å². The first-order valence-corrected chi connectivity index (χ1v) is 18.1. The van der Waals surface area contributed by atoms with E-state index in [1.54, 1.807) is 14.2 Å². The summed E-state index contributed by atoms with van der Waals surface area (Å²) in [5, 5.41) is 2.54. The summed E-state index contributed by atoms with van der Waals surface area (Å²) in [7, 11) is 9.99. The van der Waals surface area contributed by atoms with E-state index >= 15 is 0 Å². The molecular formula is C42H57N3O4+2. The van der Waals surface area contributed by atoms with Crippen LogP contribution in [0.5, 0.6) is 0 Å². The number of hydrogen-bond acceptors (Lipinski definition) is 5. The van der Waals surface area contributed by atoms with Gasteiger partial charge >= 0.3 is 5.97 Å². The van der Waals surface area contributed by atoms with Crippen molar-refractivity contribution in [3.8, 4) is 0 Å². The normalized spacial score (nSPS) is 16.9. The van der Waals surface area contributed by atoms with Gasteiger partial charge in [0.25, 0.3) is 0 Å². The van der Waals surface area contributed by atoms with E-state index in [2.05, 4.69) is 94.7 Å². The number of likely N-dealkylation sites (N-methyl/N-ethyl adjacent to an activating group) is 1. The molecule has 0 radical (unpaired) electrons. The Balaban J connectivity index is 1.62. The molecule has 0 unspecified atom stereocenters. The zero-order valence-electron chi connectivity index (χ0n) is 31.4. The molecule has 0 saturated heterocycles. The maximum absolute atomic E-state index is 14.1. The zero-order valence-corrected chi connectivity index (χ0v) is 31.4. The highest BCUT2D eigenvalue weighted by molar-refractivity contribution is 5.99. The van der Waals surface area contributed by atoms with Gasteiger partial charge in [-0.2, -0.15) is 0 Å². The van der Waals surface area contributed by atoms with Gasteiger partial charge < -0.3 is 23.6 Å². The molecule has 2 aliphatic heterocycles. The van der Waals surface area contributed by atoms with E-state index in [1.807, 2.05) is 12.1 Å². The van der Waals surface area contributed by atoms with Crippen LogP contribution in [0, 0.1) is 0 Å². The maximum atomic E-state index is 14.1. The minimum atomic E-state index is -0.273. The second-order valence-corrected chi connectivity index (χ2v) is 16.2. The van der Waals surface area contributed by atoms with Gasteiger partial charge in [-0.1, -0.05) is 32.0 Å². The molecule has 0 bridgehead atoms. The van der Waals surface area contributed by atoms with Crippen molar-refractivity contribution in [2.45, 2.75) is 64.3 Å². The fraction of sp³-hybridized carbons (Fsp3) is 0.524. The Morgan fingerprint density at radius 1 is 0.918 bits per heavy atom. The third kappa shape index (κ3) is 6.58. The number of hydrogen-bond donors (Lipinski definition) is 0. The van der Waals surface area contributed by atoms with Crippen LogP contribution in [-0.2, 0) is 32.5 Å². The quantitative estimate of drug-likeness (QED) is 0.169. The van der Waals surface area contributed by atoms with Crippen molar-refractivity contribution in [2.24, 2.45) is 0 Å². The number of rotatable bonds is 11. The molecule has 49 heavy (non-hydrogen) atoms. The van der Waals surface area contributed by atoms with Gasteiger partial charge in [-0.3, -0.25) is 0 Å². The number of benzene rings is 3. The van der Waals surface area contributed by atoms with Crippen LogP contribution in [0.1, 0.15) is 84.3 Å². The van der Waals surface area contributed by atoms with Crippen molar-refractivity contribution in [3.05, 3.63) is 98.1 Å². The fourth-order valence-corrected chi connectivity index (χ4v) is 7.71. The molecule has 0 fully saturated rings. The van der Waals surface area contributed by atoms with Gasteiger partial charge in [0.2, 0.25) is 5.36 Å². The summed E-state index contributed by atoms with van der Waals surface area (Å²) in [5.74, 6) is -0.273. The van der Waals surface area contributed by atoms with Gasteiger partial charge in [0.1, 0.15) is 25.3 Å². The summed E-state index contributed by atoms with van der Waals surface area (Å²) < 4.78 is 20.4. The number of methoxy groups -OCH3 is 2. The average molecular weight is 668 g/mol. The highest BCUT2D eigenvalue weighted by atomic mass is 16.5. The van der Waals surface area contributed by atoms with Gasteiger partial charge in [0, 0.05) is 56.5 Å². The zero-order chi connectivity index (χ0) is 35.1. The molecule has 0 N–H and O–H groups in total. The Labute approximate surface area is 293 Å². The predicted octanol–water partition coefficient (Wildman–Crippen LogP) is 4.70. The topological polar surface area (TPSA) is 51.0 Å². The molecule has 0 atom stereocenters. The number of quaternary nitrogens is 1. The van der Waals surface area contributed by atoms with Gasteiger partial charge in [-0.15, -0.1) is 0 Å². The van der Waals surface area contributed by atoms with Crippen LogP contribution >= 0.6 is 0 Å². The Kier molecular flexibility index (Phi) is 9.84. The van der Waals surface area contributed by atoms with Crippen molar-refractivity contribution in [1.82, 2.24) is 4.58 Å². The number of esters is 1. The van der Waals surface area contributed by atoms with Gasteiger partial charge in [0.15, 0.2) is 6.54 Å². The largest absolute Gasteiger partial charge is 0.455 e. The van der Waals surface area contributed by atoms with Crippen LogP contribution in [0.25, 0.3) is 5.57 Å². The molecule has 0 spiro atoms. The molecular weight excluding hydrogens is 610 g/mol. The molecule has 3 aromatic rings. The Hall–Kier alpha value is -3.52. The van der Waals surface area contributed by atoms with E-state index < -0.39 is 0 Å². The smallest absolute Gasteiger partial charge is 0.338 e. The number of carbonyl (C=O) groups is 1. The Bertz CT molecular complexity index is 1870. The number of anilines is 1. The number of fused-ring (bicyclic) bond motifs is 4. The van der Waals surface area contributed by atoms with Crippen LogP contribution in [0.3, 0.4) is 0 Å². The highest BCUT2D eigenvalue weighted by Gasteiger charge is 2.38. The summed E-state index contributed by atoms with van der Waals surface area (Å²) >= 11 is 0. The van der Waals surface area contributed by atoms with E-state index in [1.165, 1.54) is 44.1 Å². The number of nitrogens with zero attached hydrogens (tertiary/aromatic N) is 3. The number of ether oxygens (including phenoxy) is 3. The minimum Gasteiger partial charge on any atom is -0.455 e. The van der Waals surface area contributed by atoms with E-state index in [0.29, 0.717) is 29.9 Å². The average Bonchev–Trinajstić information content (AvgIpc) is 3.07. The Morgan fingerprint density at radius 2 is 1.65 bits per heavy atom. The first-order valence-electron chi connectivity index (χ1n) is 18.1. The molecule has 0 amide bonds. The SMILES string of the molecule is COCCN1CCCc2cc3c(cc21)C(C)(C)c1cc2c(cc1=C3c1ccccc1C(=O)OCC(C)(C)[N+](C)(C)C)CCC[N+]=2CCOC. The predicted molar refractivity (Wildman–Crippen MR) is 198 cm³/mol. The lowest BCUT2D eigenvalue weighted by Gasteiger charge is -2.40. The molecule has 0 saturated carbocycles. The van der Waals surface area contributed by atoms with Crippen LogP contribution in [0.4, 0.5) is 5.69 Å². The molecule has 2 heterocycles. The van der Waals surface area contributed by atoms with E-state index in [4.69, 9.17) is 14.2 Å². The van der Waals surface area contributed by atoms with Crippen LogP contribution in [0.15, 0.2) is 48.5 Å². The molecule has 7 nitrogen and oxygen atoms in total. The van der Waals surface area contributed by atoms with Crippen molar-refractivity contribution in [3.63, 3.8) is 0 Å². The molecule has 262 valence electrons. The first kappa shape index (κ1) is 35.3. The van der Waals surface area contributed by atoms with Gasteiger partial charge in [-0.05, 0) is 96.0 Å². The van der Waals surface area contributed by atoms with Gasteiger partial charge in [0.05, 0.1) is 33.3 Å². The number of aryl methyl sites for hydroxylation is 2. The maximum Gasteiger partial charge on any atom is 0.338 e. The lowest BCUT2D eigenvalue weighted by molar-refractivity contribution is -0.919. The number of carbonyl (C=O) groups excluding carboxylic acids is 1. The van der Waals surface area contributed by atoms with E-state index in [-0.39, 0.29) is 16.9 Å². The second kappa shape index (κ2) is 13.7. The summed E-state index contributed by atoms with van der Waals surface area (Å²) in [4.78, 5) is 16.6. The Morgan fingerprint density at radius 3 is 2.39 bits per heavy atom. The molecule has 0 aromatic heterocycles. The second-order valence-electron chi connectivity index (χ2n) is 16.2. The van der Waals surface area contributed by atoms with Crippen LogP contribution < -0.4 is 20.1 Å². The standard InChI is InChI=1S/C42H57N3O4/c1-41(2,45(5,6)7)28-49-40(46)32-17-11-10-16-31(32)39-33-24-29-14-12-18-43(20-22-47-8)37(29)26-35(33)42(3,4)36-27-38-30(25-34(36)39)15-13-19-44(38)21-23-48-9/h10-11,16-17,24-27H,12-15,18-23,28H2,1-9H3/q+2. The van der Waals surface area contributed by atoms with Gasteiger partial charge in [-0.25, -0.2) is 9.37 Å². The monoisotopic (exact) mass is 667 g/mol. The summed E-state index contributed by atoms with van der Waals surface area (Å²) in [6.07, 6.45) is 4.30. The van der Waals surface area contributed by atoms with Crippen molar-refractivity contribution in [2.75, 3.05) is 86.3 Å². The van der Waals surface area contributed by atoms with Crippen molar-refractivity contribution >= 4 is 17.2 Å². The van der Waals surface area contributed by atoms with E-state index in [9.17, 15) is 4.79 Å². The lowest BCUT2D eigenvalue weighted by Crippen LogP contribution is -2.56. The summed E-state index contributed by atoms with van der Waals surface area (Å²) in [6, 6.07) is 17.9. The lowest BCUT2D eigenvalue weighted by atomic mass is 9.67. The molecule has 3 aliphatic rings. The molecule has 1 aliphatic carbocycles. The molecule has 7 heteroatoms. The van der Waals surface area contributed by atoms with Crippen molar-refractivity contribution in [1.29, 1.82) is 0 Å². The third-order valence-corrected chi connectivity index (χ3v) is 11.7. The summed E-state index contributed by atoms with van der Waals surface area (Å²) in [5.41, 5.74) is 10.0. The molecule has 6 rings (SSSR count). The third-order valence-electron chi connectivity index (χ3n) is 11.7. The fourth-order valence-electron chi connectivity index (χ4n) is 7.71. The van der Waals surface area contributed by atoms with Crippen molar-refractivity contribution < 1.29 is 23.5 Å². The minimum absolute atomic E-state index is 0.243. The first-order chi connectivity index (χ1) is 23.3. The van der Waals surface area contributed by atoms with Crippen LogP contribution in [-0.4, -0.2) is 97.4 Å². The summed E-state index contributed by atoms with van der Waals surface area (Å²) in [6.45, 7) is 14.6. The highest BCUT2D eigenvalue weighted by Crippen LogP contribution is 2.44.